The number of benzene rings is 2. The average Bonchev–Trinajstić information content (AvgIpc) is 3.18. The molecule has 168 valence electrons. The summed E-state index contributed by atoms with van der Waals surface area (Å²) in [4.78, 5) is 28.7. The summed E-state index contributed by atoms with van der Waals surface area (Å²) in [5.41, 5.74) is 2.15. The van der Waals surface area contributed by atoms with Crippen molar-refractivity contribution in [2.75, 3.05) is 11.9 Å². The lowest BCUT2D eigenvalue weighted by atomic mass is 9.94. The summed E-state index contributed by atoms with van der Waals surface area (Å²) in [7, 11) is 0. The first kappa shape index (κ1) is 21.0. The first-order chi connectivity index (χ1) is 16.1. The summed E-state index contributed by atoms with van der Waals surface area (Å²) in [6.45, 7) is -0.394. The smallest absolute Gasteiger partial charge is 0.331 e. The van der Waals surface area contributed by atoms with Crippen molar-refractivity contribution >= 4 is 34.5 Å². The molecule has 7 heteroatoms. The van der Waals surface area contributed by atoms with Crippen LogP contribution in [0.3, 0.4) is 0 Å². The highest BCUT2D eigenvalue weighted by atomic mass is 16.7. The van der Waals surface area contributed by atoms with Crippen molar-refractivity contribution in [3.8, 4) is 11.5 Å². The lowest BCUT2D eigenvalue weighted by Gasteiger charge is -2.31. The number of nitrogens with one attached hydrogen (secondary N) is 1. The van der Waals surface area contributed by atoms with Crippen molar-refractivity contribution in [2.45, 2.75) is 37.9 Å². The fourth-order valence-corrected chi connectivity index (χ4v) is 4.27. The van der Waals surface area contributed by atoms with E-state index in [-0.39, 0.29) is 0 Å². The minimum absolute atomic E-state index is 0.394. The van der Waals surface area contributed by atoms with Crippen molar-refractivity contribution in [1.29, 1.82) is 0 Å². The molecule has 0 atom stereocenters. The molecule has 33 heavy (non-hydrogen) atoms. The van der Waals surface area contributed by atoms with E-state index >= 15 is 0 Å². The van der Waals surface area contributed by atoms with Crippen LogP contribution in [0.4, 0.5) is 5.69 Å². The van der Waals surface area contributed by atoms with E-state index in [1.807, 2.05) is 30.3 Å². The summed E-state index contributed by atoms with van der Waals surface area (Å²) in [5, 5.41) is 3.71. The maximum absolute atomic E-state index is 12.3. The Morgan fingerprint density at radius 3 is 2.73 bits per heavy atom. The van der Waals surface area contributed by atoms with E-state index in [2.05, 4.69) is 10.3 Å². The number of ether oxygens (including phenoxy) is 3. The van der Waals surface area contributed by atoms with E-state index < -0.39 is 24.3 Å². The second kappa shape index (κ2) is 8.94. The molecule has 1 saturated carbocycles. The van der Waals surface area contributed by atoms with Crippen molar-refractivity contribution < 1.29 is 23.8 Å². The Morgan fingerprint density at radius 2 is 1.85 bits per heavy atom. The second-order valence-corrected chi connectivity index (χ2v) is 8.25. The van der Waals surface area contributed by atoms with Gasteiger partial charge in [-0.05, 0) is 37.1 Å². The Hall–Kier alpha value is -3.87. The van der Waals surface area contributed by atoms with Gasteiger partial charge in [0.25, 0.3) is 11.7 Å². The number of esters is 1. The van der Waals surface area contributed by atoms with Gasteiger partial charge in [-0.15, -0.1) is 0 Å². The van der Waals surface area contributed by atoms with Crippen LogP contribution in [0.15, 0.2) is 60.8 Å². The third-order valence-corrected chi connectivity index (χ3v) is 5.84. The van der Waals surface area contributed by atoms with Gasteiger partial charge in [-0.1, -0.05) is 30.7 Å². The zero-order valence-electron chi connectivity index (χ0n) is 18.1. The van der Waals surface area contributed by atoms with Crippen LogP contribution < -0.4 is 14.8 Å². The van der Waals surface area contributed by atoms with Gasteiger partial charge >= 0.3 is 5.97 Å². The number of nitrogens with zero attached hydrogens (tertiary/aromatic N) is 1. The molecule has 5 rings (SSSR count). The number of aromatic nitrogens is 1. The number of amides is 1. The van der Waals surface area contributed by atoms with Crippen LogP contribution in [0.2, 0.25) is 0 Å². The third-order valence-electron chi connectivity index (χ3n) is 5.84. The van der Waals surface area contributed by atoms with E-state index in [1.165, 1.54) is 12.5 Å². The van der Waals surface area contributed by atoms with E-state index in [0.717, 1.165) is 42.1 Å². The van der Waals surface area contributed by atoms with Gasteiger partial charge in [0.05, 0.1) is 5.52 Å². The number of hydrogen-bond acceptors (Lipinski definition) is 6. The van der Waals surface area contributed by atoms with Crippen LogP contribution in [-0.2, 0) is 14.3 Å². The molecule has 0 radical (unpaired) electrons. The molecule has 2 aliphatic rings. The lowest BCUT2D eigenvalue weighted by Crippen LogP contribution is -2.40. The van der Waals surface area contributed by atoms with Gasteiger partial charge in [-0.25, -0.2) is 4.79 Å². The Labute approximate surface area is 191 Å². The van der Waals surface area contributed by atoms with Crippen LogP contribution >= 0.6 is 0 Å². The molecular formula is C26H24N2O5. The standard InChI is InChI=1S/C26H24N2O5/c29-23(17-31-24(30)12-9-19-7-4-6-18-8-5-15-27-25(18)19)28-20-10-11-21-22(16-20)33-26(32-21)13-2-1-3-14-26/h4-12,15-16H,1-3,13-14,17H2,(H,28,29). The van der Waals surface area contributed by atoms with Crippen LogP contribution in [0.25, 0.3) is 17.0 Å². The van der Waals surface area contributed by atoms with E-state index in [4.69, 9.17) is 14.2 Å². The maximum atomic E-state index is 12.3. The number of rotatable bonds is 5. The first-order valence-electron chi connectivity index (χ1n) is 11.1. The Balaban J connectivity index is 1.15. The molecule has 0 saturated heterocycles. The van der Waals surface area contributed by atoms with Crippen molar-refractivity contribution in [3.05, 3.63) is 66.4 Å². The molecule has 3 aromatic rings. The Morgan fingerprint density at radius 1 is 1.03 bits per heavy atom. The zero-order valence-corrected chi connectivity index (χ0v) is 18.1. The van der Waals surface area contributed by atoms with Crippen molar-refractivity contribution in [2.24, 2.45) is 0 Å². The highest BCUT2D eigenvalue weighted by Gasteiger charge is 2.42. The van der Waals surface area contributed by atoms with E-state index in [1.54, 1.807) is 30.5 Å². The molecule has 1 aromatic heterocycles. The normalized spacial score (nSPS) is 16.2. The number of anilines is 1. The number of fused-ring (bicyclic) bond motifs is 2. The SMILES string of the molecule is O=C(COC(=O)C=Cc1cccc2cccnc12)Nc1ccc2c(c1)OC1(CCCCC1)O2. The summed E-state index contributed by atoms with van der Waals surface area (Å²) < 4.78 is 17.2. The summed E-state index contributed by atoms with van der Waals surface area (Å²) >= 11 is 0. The maximum Gasteiger partial charge on any atom is 0.331 e. The van der Waals surface area contributed by atoms with E-state index in [9.17, 15) is 9.59 Å². The van der Waals surface area contributed by atoms with Crippen molar-refractivity contribution in [1.82, 2.24) is 4.98 Å². The number of hydrogen-bond donors (Lipinski definition) is 1. The second-order valence-electron chi connectivity index (χ2n) is 8.25. The van der Waals surface area contributed by atoms with Crippen LogP contribution in [-0.4, -0.2) is 29.3 Å². The summed E-state index contributed by atoms with van der Waals surface area (Å²) in [6, 6.07) is 14.8. The summed E-state index contributed by atoms with van der Waals surface area (Å²) in [5.74, 6) is -0.296. The van der Waals surface area contributed by atoms with Gasteiger partial charge < -0.3 is 19.5 Å². The molecule has 7 nitrogen and oxygen atoms in total. The topological polar surface area (TPSA) is 86.8 Å². The molecule has 1 fully saturated rings. The minimum atomic E-state index is -0.608. The van der Waals surface area contributed by atoms with Crippen LogP contribution in [0.5, 0.6) is 11.5 Å². The average molecular weight is 444 g/mol. The molecule has 0 unspecified atom stereocenters. The predicted octanol–water partition coefficient (Wildman–Crippen LogP) is 4.86. The fraction of sp³-hybridized carbons (Fsp3) is 0.269. The quantitative estimate of drug-likeness (QED) is 0.447. The van der Waals surface area contributed by atoms with Gasteiger partial charge in [0.1, 0.15) is 0 Å². The molecule has 1 spiro atoms. The van der Waals surface area contributed by atoms with Gasteiger partial charge in [0.15, 0.2) is 18.1 Å². The predicted molar refractivity (Wildman–Crippen MR) is 124 cm³/mol. The van der Waals surface area contributed by atoms with Crippen molar-refractivity contribution in [3.63, 3.8) is 0 Å². The lowest BCUT2D eigenvalue weighted by molar-refractivity contribution is -0.142. The first-order valence-corrected chi connectivity index (χ1v) is 11.1. The largest absolute Gasteiger partial charge is 0.452 e. The van der Waals surface area contributed by atoms with E-state index in [0.29, 0.717) is 17.2 Å². The minimum Gasteiger partial charge on any atom is -0.452 e. The highest BCUT2D eigenvalue weighted by Crippen LogP contribution is 2.46. The molecule has 1 aliphatic carbocycles. The molecule has 0 bridgehead atoms. The molecule has 1 amide bonds. The third kappa shape index (κ3) is 4.67. The fourth-order valence-electron chi connectivity index (χ4n) is 4.27. The van der Waals surface area contributed by atoms with Gasteiger partial charge in [-0.3, -0.25) is 9.78 Å². The molecule has 2 aromatic carbocycles. The molecule has 1 N–H and O–H groups in total. The molecule has 1 aliphatic heterocycles. The van der Waals surface area contributed by atoms with Gasteiger partial charge in [0.2, 0.25) is 0 Å². The summed E-state index contributed by atoms with van der Waals surface area (Å²) in [6.07, 6.45) is 9.70. The number of carbonyl (C=O) groups excluding carboxylic acids is 2. The Kier molecular flexibility index (Phi) is 5.69. The van der Waals surface area contributed by atoms with Crippen LogP contribution in [0, 0.1) is 0 Å². The van der Waals surface area contributed by atoms with Crippen LogP contribution in [0.1, 0.15) is 37.7 Å². The number of para-hydroxylation sites is 1. The highest BCUT2D eigenvalue weighted by molar-refractivity contribution is 5.96. The molecule has 2 heterocycles. The number of pyridine rings is 1. The van der Waals surface area contributed by atoms with Gasteiger partial charge in [-0.2, -0.15) is 0 Å². The van der Waals surface area contributed by atoms with Gasteiger partial charge in [0, 0.05) is 47.8 Å². The zero-order chi connectivity index (χ0) is 22.7. The Bertz CT molecular complexity index is 1230. The monoisotopic (exact) mass is 444 g/mol. The molecular weight excluding hydrogens is 420 g/mol. The number of carbonyl (C=O) groups is 2.